The quantitative estimate of drug-likeness (QED) is 0.839. The molecule has 3 heteroatoms. The van der Waals surface area contributed by atoms with Gasteiger partial charge >= 0.3 is 0 Å². The van der Waals surface area contributed by atoms with Crippen LogP contribution in [0.15, 0.2) is 24.3 Å². The van der Waals surface area contributed by atoms with Gasteiger partial charge in [-0.3, -0.25) is 0 Å². The fraction of sp³-hybridized carbons (Fsp3) is 0.600. The SMILES string of the molecule is NCCOc1cccc(NC2CC3CCC2C3)c1. The van der Waals surface area contributed by atoms with E-state index in [0.717, 1.165) is 17.6 Å². The highest BCUT2D eigenvalue weighted by atomic mass is 16.5. The summed E-state index contributed by atoms with van der Waals surface area (Å²) < 4.78 is 5.56. The van der Waals surface area contributed by atoms with Gasteiger partial charge in [0.1, 0.15) is 12.4 Å². The second kappa shape index (κ2) is 5.19. The van der Waals surface area contributed by atoms with Crippen molar-refractivity contribution in [2.24, 2.45) is 17.6 Å². The molecule has 3 atom stereocenters. The molecule has 0 spiro atoms. The average Bonchev–Trinajstić information content (AvgIpc) is 2.99. The van der Waals surface area contributed by atoms with Gasteiger partial charge in [0, 0.05) is 24.3 Å². The van der Waals surface area contributed by atoms with E-state index in [2.05, 4.69) is 17.4 Å². The van der Waals surface area contributed by atoms with Crippen LogP contribution in [0, 0.1) is 11.8 Å². The van der Waals surface area contributed by atoms with E-state index < -0.39 is 0 Å². The van der Waals surface area contributed by atoms with Crippen molar-refractivity contribution in [1.29, 1.82) is 0 Å². The van der Waals surface area contributed by atoms with Crippen LogP contribution in [0.1, 0.15) is 25.7 Å². The van der Waals surface area contributed by atoms with Gasteiger partial charge in [-0.15, -0.1) is 0 Å². The Morgan fingerprint density at radius 3 is 2.94 bits per heavy atom. The number of fused-ring (bicyclic) bond motifs is 2. The van der Waals surface area contributed by atoms with E-state index in [1.807, 2.05) is 12.1 Å². The molecule has 0 aromatic heterocycles. The third kappa shape index (κ3) is 2.46. The summed E-state index contributed by atoms with van der Waals surface area (Å²) in [5.41, 5.74) is 6.63. The molecule has 98 valence electrons. The molecule has 2 saturated carbocycles. The van der Waals surface area contributed by atoms with Crippen molar-refractivity contribution in [2.75, 3.05) is 18.5 Å². The van der Waals surface area contributed by atoms with E-state index in [9.17, 15) is 0 Å². The number of nitrogens with two attached hydrogens (primary N) is 1. The maximum Gasteiger partial charge on any atom is 0.121 e. The van der Waals surface area contributed by atoms with Gasteiger partial charge in [-0.25, -0.2) is 0 Å². The molecule has 3 N–H and O–H groups in total. The molecule has 2 bridgehead atoms. The lowest BCUT2D eigenvalue weighted by Crippen LogP contribution is -2.25. The zero-order chi connectivity index (χ0) is 12.4. The second-order valence-corrected chi connectivity index (χ2v) is 5.59. The molecule has 3 rings (SSSR count). The summed E-state index contributed by atoms with van der Waals surface area (Å²) in [6.07, 6.45) is 5.63. The number of rotatable bonds is 5. The molecule has 0 saturated heterocycles. The first-order chi connectivity index (χ1) is 8.85. The molecule has 0 aliphatic heterocycles. The van der Waals surface area contributed by atoms with Gasteiger partial charge in [-0.2, -0.15) is 0 Å². The zero-order valence-corrected chi connectivity index (χ0v) is 10.8. The standard InChI is InChI=1S/C15H22N2O/c16-6-7-18-14-3-1-2-13(10-14)17-15-9-11-4-5-12(15)8-11/h1-3,10-12,15,17H,4-9,16H2. The molecular formula is C15H22N2O. The largest absolute Gasteiger partial charge is 0.492 e. The number of benzene rings is 1. The van der Waals surface area contributed by atoms with E-state index in [1.54, 1.807) is 0 Å². The molecule has 2 aliphatic rings. The number of hydrogen-bond donors (Lipinski definition) is 2. The summed E-state index contributed by atoms with van der Waals surface area (Å²) >= 11 is 0. The van der Waals surface area contributed by atoms with E-state index in [1.165, 1.54) is 31.4 Å². The summed E-state index contributed by atoms with van der Waals surface area (Å²) in [5.74, 6) is 2.78. The number of ether oxygens (including phenoxy) is 1. The summed E-state index contributed by atoms with van der Waals surface area (Å²) in [7, 11) is 0. The molecule has 2 aliphatic carbocycles. The Hall–Kier alpha value is -1.22. The average molecular weight is 246 g/mol. The van der Waals surface area contributed by atoms with Crippen molar-refractivity contribution in [3.63, 3.8) is 0 Å². The van der Waals surface area contributed by atoms with Crippen LogP contribution in [-0.2, 0) is 0 Å². The van der Waals surface area contributed by atoms with Gasteiger partial charge in [-0.05, 0) is 43.2 Å². The van der Waals surface area contributed by atoms with E-state index in [-0.39, 0.29) is 0 Å². The number of anilines is 1. The van der Waals surface area contributed by atoms with Crippen LogP contribution in [0.3, 0.4) is 0 Å². The van der Waals surface area contributed by atoms with E-state index in [4.69, 9.17) is 10.5 Å². The molecule has 3 unspecified atom stereocenters. The molecule has 0 amide bonds. The van der Waals surface area contributed by atoms with Crippen molar-refractivity contribution in [3.05, 3.63) is 24.3 Å². The molecule has 2 fully saturated rings. The van der Waals surface area contributed by atoms with Gasteiger partial charge in [0.05, 0.1) is 0 Å². The van der Waals surface area contributed by atoms with E-state index >= 15 is 0 Å². The fourth-order valence-corrected chi connectivity index (χ4v) is 3.49. The highest BCUT2D eigenvalue weighted by molar-refractivity contribution is 5.49. The molecular weight excluding hydrogens is 224 g/mol. The Kier molecular flexibility index (Phi) is 3.41. The maximum absolute atomic E-state index is 5.56. The van der Waals surface area contributed by atoms with Crippen molar-refractivity contribution < 1.29 is 4.74 Å². The minimum atomic E-state index is 0.560. The third-order valence-corrected chi connectivity index (χ3v) is 4.31. The monoisotopic (exact) mass is 246 g/mol. The Bertz CT molecular complexity index is 407. The number of nitrogens with one attached hydrogen (secondary N) is 1. The molecule has 1 aromatic carbocycles. The normalized spacial score (nSPS) is 29.5. The Morgan fingerprint density at radius 1 is 1.28 bits per heavy atom. The maximum atomic E-state index is 5.56. The minimum absolute atomic E-state index is 0.560. The van der Waals surface area contributed by atoms with Crippen LogP contribution in [-0.4, -0.2) is 19.2 Å². The van der Waals surface area contributed by atoms with Crippen molar-refractivity contribution in [3.8, 4) is 5.75 Å². The minimum Gasteiger partial charge on any atom is -0.492 e. The Balaban J connectivity index is 1.62. The smallest absolute Gasteiger partial charge is 0.121 e. The van der Waals surface area contributed by atoms with Gasteiger partial charge < -0.3 is 15.8 Å². The predicted octanol–water partition coefficient (Wildman–Crippen LogP) is 2.62. The third-order valence-electron chi connectivity index (χ3n) is 4.31. The Labute approximate surface area is 109 Å². The van der Waals surface area contributed by atoms with Gasteiger partial charge in [0.25, 0.3) is 0 Å². The summed E-state index contributed by atoms with van der Waals surface area (Å²) in [5, 5.41) is 3.68. The summed E-state index contributed by atoms with van der Waals surface area (Å²) in [6, 6.07) is 8.92. The van der Waals surface area contributed by atoms with Crippen LogP contribution in [0.4, 0.5) is 5.69 Å². The van der Waals surface area contributed by atoms with Crippen LogP contribution < -0.4 is 15.8 Å². The van der Waals surface area contributed by atoms with Gasteiger partial charge in [0.2, 0.25) is 0 Å². The molecule has 18 heavy (non-hydrogen) atoms. The summed E-state index contributed by atoms with van der Waals surface area (Å²) in [6.45, 7) is 1.14. The van der Waals surface area contributed by atoms with Crippen LogP contribution in [0.5, 0.6) is 5.75 Å². The van der Waals surface area contributed by atoms with Gasteiger partial charge in [-0.1, -0.05) is 12.5 Å². The zero-order valence-electron chi connectivity index (χ0n) is 10.8. The van der Waals surface area contributed by atoms with Crippen LogP contribution in [0.2, 0.25) is 0 Å². The first-order valence-electron chi connectivity index (χ1n) is 7.04. The Morgan fingerprint density at radius 2 is 2.22 bits per heavy atom. The highest BCUT2D eigenvalue weighted by Gasteiger charge is 2.39. The van der Waals surface area contributed by atoms with Crippen molar-refractivity contribution >= 4 is 5.69 Å². The van der Waals surface area contributed by atoms with Crippen molar-refractivity contribution in [2.45, 2.75) is 31.7 Å². The second-order valence-electron chi connectivity index (χ2n) is 5.59. The lowest BCUT2D eigenvalue weighted by Gasteiger charge is -2.24. The first-order valence-corrected chi connectivity index (χ1v) is 7.04. The molecule has 0 heterocycles. The predicted molar refractivity (Wildman–Crippen MR) is 73.9 cm³/mol. The van der Waals surface area contributed by atoms with Gasteiger partial charge in [0.15, 0.2) is 0 Å². The van der Waals surface area contributed by atoms with Crippen molar-refractivity contribution in [1.82, 2.24) is 0 Å². The molecule has 0 radical (unpaired) electrons. The molecule has 3 nitrogen and oxygen atoms in total. The first kappa shape index (κ1) is 11.8. The summed E-state index contributed by atoms with van der Waals surface area (Å²) in [4.78, 5) is 0. The van der Waals surface area contributed by atoms with E-state index in [0.29, 0.717) is 19.2 Å². The molecule has 1 aromatic rings. The number of hydrogen-bond acceptors (Lipinski definition) is 3. The topological polar surface area (TPSA) is 47.3 Å². The highest BCUT2D eigenvalue weighted by Crippen LogP contribution is 2.45. The fourth-order valence-electron chi connectivity index (χ4n) is 3.49. The van der Waals surface area contributed by atoms with Crippen LogP contribution >= 0.6 is 0 Å². The lowest BCUT2D eigenvalue weighted by molar-refractivity contribution is 0.328. The van der Waals surface area contributed by atoms with Crippen LogP contribution in [0.25, 0.3) is 0 Å². The lowest BCUT2D eigenvalue weighted by atomic mass is 9.95.